The molecule has 506 valence electrons. The van der Waals surface area contributed by atoms with Crippen LogP contribution >= 0.6 is 0 Å². The van der Waals surface area contributed by atoms with Crippen molar-refractivity contribution in [2.24, 2.45) is 7.05 Å². The number of hydrogen-bond acceptors (Lipinski definition) is 15. The van der Waals surface area contributed by atoms with Crippen LogP contribution in [-0.4, -0.2) is 218 Å². The van der Waals surface area contributed by atoms with Crippen molar-refractivity contribution < 1.29 is 27.6 Å². The summed E-state index contributed by atoms with van der Waals surface area (Å²) in [5.41, 5.74) is 38.5. The number of nitrogen functional groups attached to an aromatic ring is 5. The van der Waals surface area contributed by atoms with Gasteiger partial charge in [0.05, 0.1) is 171 Å². The third kappa shape index (κ3) is 21.7. The Morgan fingerprint density at radius 1 is 0.402 bits per heavy atom. The first-order valence-corrected chi connectivity index (χ1v) is 29.3. The average molecular weight is 1270 g/mol. The van der Waals surface area contributed by atoms with E-state index in [1.54, 1.807) is 22.6 Å². The Morgan fingerprint density at radius 3 is 0.957 bits per heavy atom. The molecule has 92 heavy (non-hydrogen) atoms. The first-order chi connectivity index (χ1) is 41.3. The molecule has 0 aliphatic carbocycles. The van der Waals surface area contributed by atoms with E-state index in [9.17, 15) is 0 Å². The summed E-state index contributed by atoms with van der Waals surface area (Å²) in [6.07, 6.45) is 15.3. The van der Waals surface area contributed by atoms with Gasteiger partial charge in [-0.05, 0) is 67.6 Å². The summed E-state index contributed by atoms with van der Waals surface area (Å²) in [6.45, 7) is 11.6. The molecule has 0 atom stereocenters. The maximum absolute atomic E-state index is 8.99. The van der Waals surface area contributed by atoms with Crippen molar-refractivity contribution in [2.75, 3.05) is 192 Å². The number of aliphatic hydroxyl groups excluding tert-OH is 1. The Morgan fingerprint density at radius 2 is 0.696 bits per heavy atom. The molecular weight excluding hydrogens is 1160 g/mol. The van der Waals surface area contributed by atoms with E-state index in [0.717, 1.165) is 146 Å². The second kappa shape index (κ2) is 34.7. The van der Waals surface area contributed by atoms with Crippen LogP contribution in [-0.2, 0) is 7.05 Å². The van der Waals surface area contributed by atoms with Crippen LogP contribution in [0.5, 0.6) is 0 Å². The molecular formula is C66H111N25O. The molecule has 11 heterocycles. The molecule has 11 aromatic heterocycles. The van der Waals surface area contributed by atoms with Gasteiger partial charge >= 0.3 is 0 Å². The molecule has 0 radical (unpaired) electrons. The first-order valence-electron chi connectivity index (χ1n) is 29.3. The molecule has 0 saturated carbocycles. The maximum Gasteiger partial charge on any atom is 0.268 e. The summed E-state index contributed by atoms with van der Waals surface area (Å²) < 4.78 is 16.4. The number of nitrogens with zero attached hydrogens (tertiary/aromatic N) is 16. The Hall–Kier alpha value is -9.34. The summed E-state index contributed by atoms with van der Waals surface area (Å²) >= 11 is 0. The van der Waals surface area contributed by atoms with Crippen LogP contribution in [0, 0.1) is 37.1 Å². The summed E-state index contributed by atoms with van der Waals surface area (Å²) in [6, 6.07) is 29.3. The first kappa shape index (κ1) is 78.8. The Bertz CT molecular complexity index is 3830. The SMILES string of the molecule is CC[N+](C)(C)CCNc1nn2ccccc2c1N.C[N+](C)(C)CCNc1nn2ccccc2c1N.C[N+](C)(C)CCNc1nn2ccccc2c1N.C[N+](C)(CCO)CCNc1nn2ccccc2c1N.C[n+]1ccn(-c2nn3ccccc3c2N)c1.[CH3-].[CH3-].[CH3-].[CH3-].[CH3-]. The molecule has 0 aliphatic heterocycles. The standard InChI is InChI=1S/C13H22N5O.C13H22N5.2C12H20N5.C11H12N5.5CH3/c1-18(2,9-10-19)8-6-15-13-12(14)11-5-3-4-7-17(11)16-13;1-4-18(2,3)10-8-15-13-12(14)11-7-5-6-9-17(11)16-13;2*1-17(2,3)9-7-14-12-11(13)10-6-4-5-8-16(10)15-12;1-14-6-7-15(8-14)11-10(12)9-4-2-3-5-16(9)13-11;;;;;/h3-5,7,19H,6,8-10,14H2,1-2H3,(H,15,16);5-7,9H,4,8,10,14H2,1-3H3,(H,15,16);2*4-6,8H,7,9,13H2,1-3H3,(H,14,15);2-8H,12H2,1H3;5*1H3/q5*+1;5*-1. The van der Waals surface area contributed by atoms with Crippen LogP contribution in [0.4, 0.5) is 51.7 Å². The van der Waals surface area contributed by atoms with Crippen LogP contribution in [0.2, 0.25) is 0 Å². The molecule has 0 bridgehead atoms. The number of hydrogen-bond donors (Lipinski definition) is 10. The van der Waals surface area contributed by atoms with Crippen molar-refractivity contribution in [2.45, 2.75) is 6.92 Å². The van der Waals surface area contributed by atoms with Crippen LogP contribution in [0.1, 0.15) is 6.92 Å². The molecule has 26 heteroatoms. The molecule has 11 aromatic rings. The van der Waals surface area contributed by atoms with Gasteiger partial charge in [-0.25, -0.2) is 27.1 Å². The molecule has 15 N–H and O–H groups in total. The molecule has 0 fully saturated rings. The lowest BCUT2D eigenvalue weighted by Gasteiger charge is -2.28. The van der Waals surface area contributed by atoms with Gasteiger partial charge in [0.15, 0.2) is 23.3 Å². The zero-order valence-corrected chi connectivity index (χ0v) is 58.0. The third-order valence-corrected chi connectivity index (χ3v) is 14.6. The monoisotopic (exact) mass is 1270 g/mol. The van der Waals surface area contributed by atoms with Gasteiger partial charge in [-0.2, -0.15) is 4.57 Å². The number of aromatic nitrogens is 12. The Kier molecular flexibility index (Phi) is 29.7. The highest BCUT2D eigenvalue weighted by atomic mass is 16.3. The zero-order valence-electron chi connectivity index (χ0n) is 58.0. The molecule has 11 rings (SSSR count). The molecule has 0 aliphatic rings. The van der Waals surface area contributed by atoms with E-state index in [1.807, 2.05) is 157 Å². The molecule has 0 amide bonds. The number of aliphatic hydroxyl groups is 1. The van der Waals surface area contributed by atoms with Gasteiger partial charge in [0, 0.05) is 31.0 Å². The molecule has 0 unspecified atom stereocenters. The smallest absolute Gasteiger partial charge is 0.268 e. The number of fused-ring (bicyclic) bond motifs is 5. The highest BCUT2D eigenvalue weighted by molar-refractivity contribution is 5.83. The normalized spacial score (nSPS) is 11.1. The third-order valence-electron chi connectivity index (χ3n) is 14.6. The minimum absolute atomic E-state index is 0. The van der Waals surface area contributed by atoms with Crippen molar-refractivity contribution in [3.63, 3.8) is 0 Å². The van der Waals surface area contributed by atoms with Gasteiger partial charge in [0.1, 0.15) is 47.4 Å². The lowest BCUT2D eigenvalue weighted by atomic mass is 10.3. The fourth-order valence-corrected chi connectivity index (χ4v) is 8.88. The molecule has 0 spiro atoms. The predicted octanol–water partition coefficient (Wildman–Crippen LogP) is 6.67. The minimum atomic E-state index is 0. The zero-order chi connectivity index (χ0) is 63.1. The number of quaternary nitrogens is 4. The van der Waals surface area contributed by atoms with Crippen molar-refractivity contribution in [3.8, 4) is 5.82 Å². The van der Waals surface area contributed by atoms with Crippen molar-refractivity contribution in [1.29, 1.82) is 0 Å². The number of likely N-dealkylation sites (N-methyl/N-ethyl adjacent to an activating group) is 4. The number of imidazole rings is 1. The van der Waals surface area contributed by atoms with E-state index in [0.29, 0.717) is 22.7 Å². The summed E-state index contributed by atoms with van der Waals surface area (Å²) in [4.78, 5) is 0. The van der Waals surface area contributed by atoms with Gasteiger partial charge in [0.25, 0.3) is 5.82 Å². The van der Waals surface area contributed by atoms with E-state index in [1.165, 1.54) is 0 Å². The fourth-order valence-electron chi connectivity index (χ4n) is 8.88. The van der Waals surface area contributed by atoms with Crippen LogP contribution in [0.15, 0.2) is 141 Å². The number of nitrogens with one attached hydrogen (secondary N) is 4. The van der Waals surface area contributed by atoms with Crippen LogP contribution in [0.25, 0.3) is 33.4 Å². The van der Waals surface area contributed by atoms with E-state index in [4.69, 9.17) is 33.8 Å². The number of pyridine rings is 5. The Balaban J connectivity index is 0.000000387. The van der Waals surface area contributed by atoms with Crippen LogP contribution in [0.3, 0.4) is 0 Å². The van der Waals surface area contributed by atoms with Crippen molar-refractivity contribution in [1.82, 2.24) is 52.6 Å². The minimum Gasteiger partial charge on any atom is -0.394 e. The highest BCUT2D eigenvalue weighted by Crippen LogP contribution is 2.26. The largest absolute Gasteiger partial charge is 0.394 e. The van der Waals surface area contributed by atoms with E-state index >= 15 is 0 Å². The predicted molar refractivity (Wildman–Crippen MR) is 387 cm³/mol. The summed E-state index contributed by atoms with van der Waals surface area (Å²) in [5.74, 6) is 3.79. The topological polar surface area (TPSA) is 294 Å². The van der Waals surface area contributed by atoms with Gasteiger partial charge in [0.2, 0.25) is 6.33 Å². The molecule has 0 saturated heterocycles. The Labute approximate surface area is 547 Å². The molecule has 26 nitrogen and oxygen atoms in total. The maximum atomic E-state index is 8.99. The van der Waals surface area contributed by atoms with Gasteiger partial charge in [-0.3, -0.25) is 0 Å². The summed E-state index contributed by atoms with van der Waals surface area (Å²) in [5, 5.41) is 44.2. The van der Waals surface area contributed by atoms with Crippen molar-refractivity contribution in [3.05, 3.63) is 178 Å². The number of nitrogens with two attached hydrogens (primary N) is 5. The second-order valence-electron chi connectivity index (χ2n) is 24.7. The molecule has 0 aromatic carbocycles. The van der Waals surface area contributed by atoms with E-state index in [2.05, 4.69) is 124 Å². The van der Waals surface area contributed by atoms with Gasteiger partial charge < -0.3 is 110 Å². The summed E-state index contributed by atoms with van der Waals surface area (Å²) in [7, 11) is 23.5. The van der Waals surface area contributed by atoms with Crippen molar-refractivity contribution >= 4 is 79.3 Å². The van der Waals surface area contributed by atoms with Crippen LogP contribution < -0.4 is 54.5 Å². The lowest BCUT2D eigenvalue weighted by molar-refractivity contribution is -0.888. The second-order valence-corrected chi connectivity index (χ2v) is 24.7. The number of aryl methyl sites for hydroxylation is 1. The van der Waals surface area contributed by atoms with Gasteiger partial charge in [-0.1, -0.05) is 30.3 Å². The quantitative estimate of drug-likeness (QED) is 0.0217. The average Bonchev–Trinajstić information content (AvgIpc) is 1.90. The highest BCUT2D eigenvalue weighted by Gasteiger charge is 2.19. The van der Waals surface area contributed by atoms with E-state index < -0.39 is 0 Å². The van der Waals surface area contributed by atoms with E-state index in [-0.39, 0.29) is 43.7 Å². The lowest BCUT2D eigenvalue weighted by Crippen LogP contribution is -2.45. The number of anilines is 9. The van der Waals surface area contributed by atoms with Gasteiger partial charge in [-0.15, -0.1) is 25.5 Å². The fraction of sp³-hybridized carbons (Fsp3) is 0.348. The number of rotatable bonds is 20.